The summed E-state index contributed by atoms with van der Waals surface area (Å²) in [6.45, 7) is 0. The Morgan fingerprint density at radius 1 is 0.118 bits per heavy atom. The summed E-state index contributed by atoms with van der Waals surface area (Å²) >= 11 is 0. The van der Waals surface area contributed by atoms with Crippen LogP contribution >= 0.6 is 0 Å². The lowest BCUT2D eigenvalue weighted by Gasteiger charge is -2.28. The third-order valence-electron chi connectivity index (χ3n) is 28.8. The fraction of sp³-hybridized carbons (Fsp3) is 0. The molecule has 3 aromatic heterocycles. The first-order valence-electron chi connectivity index (χ1n) is 49.2. The highest BCUT2D eigenvalue weighted by atomic mass is 16.3. The summed E-state index contributed by atoms with van der Waals surface area (Å²) in [5, 5.41) is 28.2. The summed E-state index contributed by atoms with van der Waals surface area (Å²) in [7, 11) is 0. The smallest absolute Gasteiger partial charge is 0.143 e. The average molecular weight is 1840 g/mol. The van der Waals surface area contributed by atoms with Crippen molar-refractivity contribution >= 4 is 214 Å². The zero-order valence-electron chi connectivity index (χ0n) is 78.5. The molecule has 6 nitrogen and oxygen atoms in total. The summed E-state index contributed by atoms with van der Waals surface area (Å²) in [5.74, 6) is 0. The van der Waals surface area contributed by atoms with Crippen LogP contribution < -0.4 is 14.7 Å². The van der Waals surface area contributed by atoms with Crippen LogP contribution in [-0.4, -0.2) is 0 Å². The Balaban J connectivity index is 0.000000108. The second kappa shape index (κ2) is 35.7. The maximum atomic E-state index is 6.52. The molecule has 0 atom stereocenters. The van der Waals surface area contributed by atoms with E-state index in [1.807, 2.05) is 18.2 Å². The number of para-hydroxylation sites is 3. The first-order chi connectivity index (χ1) is 71.4. The summed E-state index contributed by atoms with van der Waals surface area (Å²) in [6, 6.07) is 194. The topological polar surface area (TPSA) is 49.1 Å². The Kier molecular flexibility index (Phi) is 20.9. The molecule has 674 valence electrons. The molecule has 26 aromatic carbocycles. The van der Waals surface area contributed by atoms with Gasteiger partial charge in [-0.1, -0.05) is 406 Å². The van der Waals surface area contributed by atoms with Crippen molar-refractivity contribution in [2.75, 3.05) is 14.7 Å². The van der Waals surface area contributed by atoms with Gasteiger partial charge in [-0.2, -0.15) is 0 Å². The third kappa shape index (κ3) is 15.1. The van der Waals surface area contributed by atoms with Crippen molar-refractivity contribution in [1.82, 2.24) is 0 Å². The van der Waals surface area contributed by atoms with Gasteiger partial charge < -0.3 is 28.0 Å². The number of hydrogen-bond donors (Lipinski definition) is 0. The van der Waals surface area contributed by atoms with Gasteiger partial charge in [0.1, 0.15) is 33.5 Å². The molecule has 0 spiro atoms. The molecule has 0 aliphatic heterocycles. The van der Waals surface area contributed by atoms with Crippen molar-refractivity contribution in [2.45, 2.75) is 0 Å². The molecule has 0 fully saturated rings. The maximum absolute atomic E-state index is 6.52. The second-order valence-electron chi connectivity index (χ2n) is 37.2. The van der Waals surface area contributed by atoms with Crippen LogP contribution in [0.25, 0.3) is 218 Å². The number of fused-ring (bicyclic) bond motifs is 24. The summed E-state index contributed by atoms with van der Waals surface area (Å²) in [5.41, 5.74) is 27.6. The van der Waals surface area contributed by atoms with E-state index in [0.29, 0.717) is 0 Å². The molecular weight excluding hydrogens is 1750 g/mol. The Labute approximate surface area is 831 Å². The van der Waals surface area contributed by atoms with E-state index in [9.17, 15) is 0 Å². The SMILES string of the molecule is c1ccc(-c2ccc(-c3cccc(N(c4ccc5c(ccc6ccc7c8ccccc8oc7c65)c4)c4cccc5ccccc45)c3)cc2)cc1.c1ccc(-c2cccc(-c3ccc(N(c4ccc5c(ccc6ccc7c8ccccc8oc7c65)c4)c4cccc5ccccc45)cc3)c2)cc1.c1ccc(-c2cccc(N(c3ccc4c(ccc5ccc6c7ccccc7oc6c54)c3)c3cccc4ccccc34)c2)cc1. The van der Waals surface area contributed by atoms with Crippen molar-refractivity contribution in [1.29, 1.82) is 0 Å². The quantitative estimate of drug-likeness (QED) is 0.101. The molecule has 0 aliphatic carbocycles. The highest BCUT2D eigenvalue weighted by Gasteiger charge is 2.25. The molecule has 0 unspecified atom stereocenters. The van der Waals surface area contributed by atoms with Gasteiger partial charge in [0.05, 0.1) is 17.1 Å². The van der Waals surface area contributed by atoms with Crippen molar-refractivity contribution in [3.05, 3.63) is 540 Å². The molecule has 0 N–H and O–H groups in total. The minimum Gasteiger partial charge on any atom is -0.455 e. The minimum atomic E-state index is 0.917. The number of furan rings is 3. The molecule has 6 heteroatoms. The fourth-order valence-corrected chi connectivity index (χ4v) is 21.9. The van der Waals surface area contributed by atoms with E-state index < -0.39 is 0 Å². The molecule has 144 heavy (non-hydrogen) atoms. The zero-order valence-corrected chi connectivity index (χ0v) is 78.5. The third-order valence-corrected chi connectivity index (χ3v) is 28.8. The molecular formula is C138H89N3O3. The molecule has 29 aromatic rings. The second-order valence-corrected chi connectivity index (χ2v) is 37.2. The molecule has 3 heterocycles. The fourth-order valence-electron chi connectivity index (χ4n) is 21.9. The van der Waals surface area contributed by atoms with E-state index in [4.69, 9.17) is 13.3 Å². The number of anilines is 9. The lowest BCUT2D eigenvalue weighted by Crippen LogP contribution is -2.10. The first-order valence-corrected chi connectivity index (χ1v) is 49.2. The number of rotatable bonds is 14. The molecule has 0 bridgehead atoms. The Bertz CT molecular complexity index is 10000. The lowest BCUT2D eigenvalue weighted by atomic mass is 9.98. The van der Waals surface area contributed by atoms with Gasteiger partial charge in [0.25, 0.3) is 0 Å². The normalized spacial score (nSPS) is 11.6. The van der Waals surface area contributed by atoms with Crippen LogP contribution in [0.5, 0.6) is 0 Å². The molecule has 0 amide bonds. The van der Waals surface area contributed by atoms with Crippen LogP contribution in [0.2, 0.25) is 0 Å². The standard InChI is InChI=1S/2C48H31NO.C42H27NO/c1-2-10-32(11-3-1)33-20-22-34(23-21-33)37-14-8-15-39(30-37)49(45-18-9-13-35-12-4-5-16-41(35)45)40-27-29-42-38(31-40)25-24-36-26-28-44-43-17-6-7-19-46(43)50-48(44)47(36)42;1-2-10-32(11-3-1)36-14-8-15-37(30-36)33-22-25-39(26-23-33)49(45-18-9-13-34-12-4-5-16-41(34)45)40-27-29-42-38(31-40)21-20-35-24-28-44-43-17-6-7-19-46(43)50-48(44)47(35)42;1-2-10-28(11-3-1)31-14-8-15-33(26-31)43(39-18-9-13-29-12-4-5-16-35(29)39)34-23-25-36-32(27-34)21-20-30-22-24-38-37-17-6-7-19-40(37)44-42(38)41(30)36/h2*1-31H;1-27H. The predicted molar refractivity (Wildman–Crippen MR) is 610 cm³/mol. The average Bonchev–Trinajstić information content (AvgIpc) is 1.53. The van der Waals surface area contributed by atoms with E-state index in [0.717, 1.165) is 133 Å². The van der Waals surface area contributed by atoms with E-state index in [2.05, 4.69) is 536 Å². The first kappa shape index (κ1) is 84.2. The molecule has 0 saturated heterocycles. The highest BCUT2D eigenvalue weighted by Crippen LogP contribution is 2.50. The van der Waals surface area contributed by atoms with Crippen LogP contribution in [0, 0.1) is 0 Å². The highest BCUT2D eigenvalue weighted by molar-refractivity contribution is 6.27. The van der Waals surface area contributed by atoms with Crippen LogP contribution in [0.15, 0.2) is 553 Å². The molecule has 0 radical (unpaired) electrons. The van der Waals surface area contributed by atoms with Crippen molar-refractivity contribution in [3.63, 3.8) is 0 Å². The van der Waals surface area contributed by atoms with Crippen molar-refractivity contribution < 1.29 is 13.3 Å². The largest absolute Gasteiger partial charge is 0.455 e. The predicted octanol–water partition coefficient (Wildman–Crippen LogP) is 39.9. The summed E-state index contributed by atoms with van der Waals surface area (Å²) in [6.07, 6.45) is 0. The van der Waals surface area contributed by atoms with Crippen LogP contribution in [0.4, 0.5) is 51.2 Å². The van der Waals surface area contributed by atoms with E-state index in [1.165, 1.54) is 136 Å². The zero-order chi connectivity index (χ0) is 95.1. The summed E-state index contributed by atoms with van der Waals surface area (Å²) in [4.78, 5) is 7.17. The van der Waals surface area contributed by atoms with Gasteiger partial charge in [-0.05, 0) is 254 Å². The van der Waals surface area contributed by atoms with E-state index in [-0.39, 0.29) is 0 Å². The van der Waals surface area contributed by atoms with Gasteiger partial charge in [-0.3, -0.25) is 0 Å². The molecule has 0 saturated carbocycles. The number of nitrogens with zero attached hydrogens (tertiary/aromatic N) is 3. The Morgan fingerprint density at radius 2 is 0.347 bits per heavy atom. The number of hydrogen-bond acceptors (Lipinski definition) is 6. The van der Waals surface area contributed by atoms with E-state index in [1.54, 1.807) is 0 Å². The Morgan fingerprint density at radius 3 is 0.708 bits per heavy atom. The van der Waals surface area contributed by atoms with Gasteiger partial charge in [0, 0.05) is 98.8 Å². The van der Waals surface area contributed by atoms with Gasteiger partial charge >= 0.3 is 0 Å². The molecule has 0 aliphatic rings. The maximum Gasteiger partial charge on any atom is 0.143 e. The summed E-state index contributed by atoms with van der Waals surface area (Å²) < 4.78 is 19.5. The van der Waals surface area contributed by atoms with Crippen molar-refractivity contribution in [3.8, 4) is 55.6 Å². The van der Waals surface area contributed by atoms with Crippen LogP contribution in [-0.2, 0) is 0 Å². The Hall–Kier alpha value is -19.1. The van der Waals surface area contributed by atoms with Gasteiger partial charge in [0.15, 0.2) is 0 Å². The minimum absolute atomic E-state index is 0.917. The van der Waals surface area contributed by atoms with E-state index >= 15 is 0 Å². The van der Waals surface area contributed by atoms with Crippen LogP contribution in [0.1, 0.15) is 0 Å². The van der Waals surface area contributed by atoms with Crippen LogP contribution in [0.3, 0.4) is 0 Å². The van der Waals surface area contributed by atoms with Crippen molar-refractivity contribution in [2.24, 2.45) is 0 Å². The van der Waals surface area contributed by atoms with Gasteiger partial charge in [-0.25, -0.2) is 0 Å². The monoisotopic (exact) mass is 1840 g/mol. The lowest BCUT2D eigenvalue weighted by molar-refractivity contribution is 0.672. The van der Waals surface area contributed by atoms with Gasteiger partial charge in [-0.15, -0.1) is 0 Å². The van der Waals surface area contributed by atoms with Gasteiger partial charge in [0.2, 0.25) is 0 Å². The molecule has 29 rings (SSSR count). The number of benzene rings is 26.